The van der Waals surface area contributed by atoms with Crippen molar-refractivity contribution < 1.29 is 14.3 Å². The van der Waals surface area contributed by atoms with Crippen molar-refractivity contribution in [2.24, 2.45) is 0 Å². The van der Waals surface area contributed by atoms with E-state index >= 15 is 0 Å². The summed E-state index contributed by atoms with van der Waals surface area (Å²) in [5.74, 6) is 1.83. The standard InChI is InChI=1S/C22H22N4O3S/c1-13(2)29-16-7-5-15(6-8-16)21(27)24-20-11-14(3)25-26(20)22-23-18-10-9-17(28-4)12-19(18)30-22/h5-13H,1-4H3,(H,24,27). The zero-order valence-electron chi connectivity index (χ0n) is 17.2. The molecule has 0 unspecified atom stereocenters. The van der Waals surface area contributed by atoms with Gasteiger partial charge in [-0.1, -0.05) is 11.3 Å². The van der Waals surface area contributed by atoms with Crippen LogP contribution in [-0.4, -0.2) is 33.9 Å². The molecule has 0 aliphatic heterocycles. The Hall–Kier alpha value is -3.39. The molecule has 0 bridgehead atoms. The summed E-state index contributed by atoms with van der Waals surface area (Å²) in [6.45, 7) is 5.80. The van der Waals surface area contributed by atoms with Gasteiger partial charge in [0.25, 0.3) is 5.91 Å². The highest BCUT2D eigenvalue weighted by Crippen LogP contribution is 2.30. The van der Waals surface area contributed by atoms with E-state index in [9.17, 15) is 4.79 Å². The first kappa shape index (κ1) is 19.9. The number of aryl methyl sites for hydroxylation is 1. The van der Waals surface area contributed by atoms with Gasteiger partial charge in [0.05, 0.1) is 29.1 Å². The average Bonchev–Trinajstić information content (AvgIpc) is 3.30. The number of benzene rings is 2. The van der Waals surface area contributed by atoms with Crippen molar-refractivity contribution >= 4 is 33.3 Å². The molecule has 1 amide bonds. The summed E-state index contributed by atoms with van der Waals surface area (Å²) in [5.41, 5.74) is 2.16. The molecule has 4 rings (SSSR count). The van der Waals surface area contributed by atoms with Gasteiger partial charge in [-0.25, -0.2) is 4.98 Å². The number of amides is 1. The SMILES string of the molecule is COc1ccc2nc(-n3nc(C)cc3NC(=O)c3ccc(OC(C)C)cc3)sc2c1. The largest absolute Gasteiger partial charge is 0.497 e. The van der Waals surface area contributed by atoms with Gasteiger partial charge in [-0.3, -0.25) is 4.79 Å². The number of nitrogens with zero attached hydrogens (tertiary/aromatic N) is 3. The molecule has 0 aliphatic carbocycles. The first-order valence-corrected chi connectivity index (χ1v) is 10.3. The average molecular weight is 423 g/mol. The molecule has 0 spiro atoms. The fourth-order valence-corrected chi connectivity index (χ4v) is 3.95. The van der Waals surface area contributed by atoms with Crippen LogP contribution in [0.1, 0.15) is 29.9 Å². The number of carbonyl (C=O) groups is 1. The summed E-state index contributed by atoms with van der Waals surface area (Å²) in [4.78, 5) is 17.4. The van der Waals surface area contributed by atoms with E-state index in [0.717, 1.165) is 27.4 Å². The van der Waals surface area contributed by atoms with Crippen molar-refractivity contribution in [2.45, 2.75) is 26.9 Å². The summed E-state index contributed by atoms with van der Waals surface area (Å²) in [6.07, 6.45) is 0.0794. The van der Waals surface area contributed by atoms with E-state index in [-0.39, 0.29) is 12.0 Å². The Morgan fingerprint density at radius 3 is 2.53 bits per heavy atom. The van der Waals surface area contributed by atoms with E-state index < -0.39 is 0 Å². The minimum absolute atomic E-state index is 0.0794. The van der Waals surface area contributed by atoms with Crippen molar-refractivity contribution in [1.82, 2.24) is 14.8 Å². The van der Waals surface area contributed by atoms with Gasteiger partial charge in [-0.2, -0.15) is 9.78 Å². The molecule has 154 valence electrons. The van der Waals surface area contributed by atoms with Crippen LogP contribution < -0.4 is 14.8 Å². The summed E-state index contributed by atoms with van der Waals surface area (Å²) in [5, 5.41) is 8.12. The van der Waals surface area contributed by atoms with Gasteiger partial charge in [-0.15, -0.1) is 0 Å². The molecule has 30 heavy (non-hydrogen) atoms. The first-order valence-electron chi connectivity index (χ1n) is 9.52. The number of hydrogen-bond donors (Lipinski definition) is 1. The van der Waals surface area contributed by atoms with Gasteiger partial charge >= 0.3 is 0 Å². The molecule has 0 radical (unpaired) electrons. The topological polar surface area (TPSA) is 78.3 Å². The Balaban J connectivity index is 1.60. The van der Waals surface area contributed by atoms with Crippen LogP contribution in [0.4, 0.5) is 5.82 Å². The highest BCUT2D eigenvalue weighted by Gasteiger charge is 2.16. The number of fused-ring (bicyclic) bond motifs is 1. The van der Waals surface area contributed by atoms with E-state index in [0.29, 0.717) is 16.5 Å². The Labute approximate surface area is 178 Å². The van der Waals surface area contributed by atoms with Gasteiger partial charge in [0.2, 0.25) is 5.13 Å². The third-order valence-corrected chi connectivity index (χ3v) is 5.32. The number of methoxy groups -OCH3 is 1. The zero-order chi connectivity index (χ0) is 21.3. The summed E-state index contributed by atoms with van der Waals surface area (Å²) < 4.78 is 13.6. The van der Waals surface area contributed by atoms with E-state index in [1.807, 2.05) is 45.0 Å². The van der Waals surface area contributed by atoms with Crippen molar-refractivity contribution in [1.29, 1.82) is 0 Å². The van der Waals surface area contributed by atoms with Crippen LogP contribution in [0.5, 0.6) is 11.5 Å². The maximum atomic E-state index is 12.8. The molecule has 2 aromatic carbocycles. The van der Waals surface area contributed by atoms with Gasteiger partial charge < -0.3 is 14.8 Å². The van der Waals surface area contributed by atoms with Crippen LogP contribution in [0.3, 0.4) is 0 Å². The Morgan fingerprint density at radius 2 is 1.83 bits per heavy atom. The lowest BCUT2D eigenvalue weighted by atomic mass is 10.2. The maximum absolute atomic E-state index is 12.8. The fraction of sp³-hybridized carbons (Fsp3) is 0.227. The number of thiazole rings is 1. The maximum Gasteiger partial charge on any atom is 0.256 e. The predicted octanol–water partition coefficient (Wildman–Crippen LogP) is 4.84. The minimum Gasteiger partial charge on any atom is -0.497 e. The van der Waals surface area contributed by atoms with Crippen LogP contribution in [-0.2, 0) is 0 Å². The second-order valence-electron chi connectivity index (χ2n) is 7.06. The molecule has 0 saturated carbocycles. The predicted molar refractivity (Wildman–Crippen MR) is 118 cm³/mol. The highest BCUT2D eigenvalue weighted by atomic mass is 32.1. The normalized spacial score (nSPS) is 11.1. The van der Waals surface area contributed by atoms with Gasteiger partial charge in [0, 0.05) is 11.6 Å². The number of nitrogens with one attached hydrogen (secondary N) is 1. The van der Waals surface area contributed by atoms with Crippen molar-refractivity contribution in [3.63, 3.8) is 0 Å². The number of aromatic nitrogens is 3. The minimum atomic E-state index is -0.227. The van der Waals surface area contributed by atoms with E-state index in [1.54, 1.807) is 36.1 Å². The van der Waals surface area contributed by atoms with Gasteiger partial charge in [0.15, 0.2) is 0 Å². The number of carbonyl (C=O) groups excluding carboxylic acids is 1. The summed E-state index contributed by atoms with van der Waals surface area (Å²) in [6, 6.07) is 14.6. The van der Waals surface area contributed by atoms with E-state index in [2.05, 4.69) is 15.4 Å². The van der Waals surface area contributed by atoms with Gasteiger partial charge in [-0.05, 0) is 63.2 Å². The lowest BCUT2D eigenvalue weighted by molar-refractivity contribution is 0.102. The Kier molecular flexibility index (Phi) is 5.41. The van der Waals surface area contributed by atoms with Crippen LogP contribution in [0.25, 0.3) is 15.3 Å². The first-order chi connectivity index (χ1) is 14.4. The molecular formula is C22H22N4O3S. The molecule has 0 aliphatic rings. The van der Waals surface area contributed by atoms with Crippen LogP contribution in [0.15, 0.2) is 48.5 Å². The van der Waals surface area contributed by atoms with Gasteiger partial charge in [0.1, 0.15) is 17.3 Å². The fourth-order valence-electron chi connectivity index (χ4n) is 2.99. The monoisotopic (exact) mass is 422 g/mol. The summed E-state index contributed by atoms with van der Waals surface area (Å²) in [7, 11) is 1.63. The molecule has 0 saturated heterocycles. The molecule has 7 nitrogen and oxygen atoms in total. The van der Waals surface area contributed by atoms with Crippen molar-refractivity contribution in [2.75, 3.05) is 12.4 Å². The molecule has 8 heteroatoms. The molecule has 1 N–H and O–H groups in total. The quantitative estimate of drug-likeness (QED) is 0.481. The molecule has 0 fully saturated rings. The second-order valence-corrected chi connectivity index (χ2v) is 8.07. The van der Waals surface area contributed by atoms with Crippen LogP contribution in [0.2, 0.25) is 0 Å². The van der Waals surface area contributed by atoms with Crippen LogP contribution in [0, 0.1) is 6.92 Å². The lowest BCUT2D eigenvalue weighted by Gasteiger charge is -2.10. The van der Waals surface area contributed by atoms with Crippen molar-refractivity contribution in [3.05, 3.63) is 59.8 Å². The lowest BCUT2D eigenvalue weighted by Crippen LogP contribution is -2.15. The Morgan fingerprint density at radius 1 is 1.10 bits per heavy atom. The number of ether oxygens (including phenoxy) is 2. The summed E-state index contributed by atoms with van der Waals surface area (Å²) >= 11 is 1.48. The van der Waals surface area contributed by atoms with Crippen molar-refractivity contribution in [3.8, 4) is 16.6 Å². The smallest absolute Gasteiger partial charge is 0.256 e. The van der Waals surface area contributed by atoms with Crippen LogP contribution >= 0.6 is 11.3 Å². The highest BCUT2D eigenvalue weighted by molar-refractivity contribution is 7.20. The number of hydrogen-bond acceptors (Lipinski definition) is 6. The molecule has 4 aromatic rings. The third kappa shape index (κ3) is 4.13. The Bertz CT molecular complexity index is 1200. The molecular weight excluding hydrogens is 400 g/mol. The third-order valence-electron chi connectivity index (χ3n) is 4.33. The molecule has 2 heterocycles. The zero-order valence-corrected chi connectivity index (χ0v) is 18.0. The second kappa shape index (κ2) is 8.16. The number of rotatable bonds is 6. The molecule has 0 atom stereocenters. The van der Waals surface area contributed by atoms with E-state index in [1.165, 1.54) is 11.3 Å². The number of anilines is 1. The molecule has 2 aromatic heterocycles. The van der Waals surface area contributed by atoms with E-state index in [4.69, 9.17) is 9.47 Å².